The normalized spacial score (nSPS) is 10.6. The molecule has 1 amide bonds. The van der Waals surface area contributed by atoms with Crippen LogP contribution < -0.4 is 5.32 Å². The van der Waals surface area contributed by atoms with E-state index >= 15 is 0 Å². The minimum atomic E-state index is -0.171. The maximum absolute atomic E-state index is 12.3. The third-order valence-corrected chi connectivity index (χ3v) is 5.08. The fraction of sp³-hybridized carbons (Fsp3) is 0.0909. The van der Waals surface area contributed by atoms with Crippen molar-refractivity contribution in [1.29, 1.82) is 0 Å². The van der Waals surface area contributed by atoms with Gasteiger partial charge in [-0.15, -0.1) is 11.3 Å². The Kier molecular flexibility index (Phi) is 5.58. The summed E-state index contributed by atoms with van der Waals surface area (Å²) < 4.78 is 0. The molecule has 0 aliphatic carbocycles. The fourth-order valence-electron chi connectivity index (χ4n) is 2.84. The average Bonchev–Trinajstić information content (AvgIpc) is 3.16. The highest BCUT2D eigenvalue weighted by Gasteiger charge is 2.10. The van der Waals surface area contributed by atoms with E-state index in [1.54, 1.807) is 41.9 Å². The maximum atomic E-state index is 12.3. The van der Waals surface area contributed by atoms with E-state index in [9.17, 15) is 9.90 Å². The predicted molar refractivity (Wildman–Crippen MR) is 113 cm³/mol. The second kappa shape index (κ2) is 8.62. The molecular weight excluding hydrogens is 384 g/mol. The van der Waals surface area contributed by atoms with Gasteiger partial charge in [0, 0.05) is 17.4 Å². The van der Waals surface area contributed by atoms with Crippen LogP contribution in [0.25, 0.3) is 11.4 Å². The average molecular weight is 402 g/mol. The van der Waals surface area contributed by atoms with E-state index in [0.717, 1.165) is 17.1 Å². The lowest BCUT2D eigenvalue weighted by atomic mass is 10.2. The number of hydrogen-bond donors (Lipinski definition) is 2. The van der Waals surface area contributed by atoms with Gasteiger partial charge in [0.05, 0.1) is 35.2 Å². The van der Waals surface area contributed by atoms with E-state index in [1.807, 2.05) is 29.6 Å². The minimum Gasteiger partial charge on any atom is -0.508 e. The minimum absolute atomic E-state index is 0.151. The Morgan fingerprint density at radius 3 is 2.59 bits per heavy atom. The van der Waals surface area contributed by atoms with Crippen LogP contribution in [0, 0.1) is 0 Å². The van der Waals surface area contributed by atoms with Crippen LogP contribution in [-0.4, -0.2) is 26.0 Å². The second-order valence-electron chi connectivity index (χ2n) is 6.47. The van der Waals surface area contributed by atoms with E-state index in [4.69, 9.17) is 0 Å². The van der Waals surface area contributed by atoms with Crippen molar-refractivity contribution in [1.82, 2.24) is 15.0 Å². The molecule has 0 atom stereocenters. The van der Waals surface area contributed by atoms with Crippen molar-refractivity contribution in [2.24, 2.45) is 0 Å². The molecule has 0 aliphatic rings. The van der Waals surface area contributed by atoms with Gasteiger partial charge in [0.25, 0.3) is 0 Å². The predicted octanol–water partition coefficient (Wildman–Crippen LogP) is 4.08. The summed E-state index contributed by atoms with van der Waals surface area (Å²) in [4.78, 5) is 25.4. The van der Waals surface area contributed by atoms with Crippen molar-refractivity contribution in [2.45, 2.75) is 12.8 Å². The standard InChI is InChI=1S/C22H18N4O2S/c27-19-8-4-7-16(10-19)22-23-12-18(13-24-22)25-20(28)11-17-14-29-21(26-17)9-15-5-2-1-3-6-15/h1-8,10,12-14,27H,9,11H2,(H,25,28). The first-order chi connectivity index (χ1) is 14.2. The molecule has 0 spiro atoms. The van der Waals surface area contributed by atoms with Crippen LogP contribution in [0.15, 0.2) is 72.4 Å². The molecule has 7 heteroatoms. The lowest BCUT2D eigenvalue weighted by Crippen LogP contribution is -2.15. The molecule has 6 nitrogen and oxygen atoms in total. The van der Waals surface area contributed by atoms with Crippen LogP contribution in [0.2, 0.25) is 0 Å². The molecule has 0 fully saturated rings. The first-order valence-corrected chi connectivity index (χ1v) is 9.92. The molecule has 0 saturated carbocycles. The van der Waals surface area contributed by atoms with Crippen LogP contribution >= 0.6 is 11.3 Å². The highest BCUT2D eigenvalue weighted by Crippen LogP contribution is 2.20. The molecule has 0 radical (unpaired) electrons. The van der Waals surface area contributed by atoms with Gasteiger partial charge in [-0.2, -0.15) is 0 Å². The number of benzene rings is 2. The van der Waals surface area contributed by atoms with Gasteiger partial charge in [-0.3, -0.25) is 4.79 Å². The molecule has 29 heavy (non-hydrogen) atoms. The molecule has 4 rings (SSSR count). The SMILES string of the molecule is O=C(Cc1csc(Cc2ccccc2)n1)Nc1cnc(-c2cccc(O)c2)nc1. The molecule has 144 valence electrons. The third kappa shape index (κ3) is 5.03. The Bertz CT molecular complexity index is 1110. The van der Waals surface area contributed by atoms with Crippen LogP contribution in [0.1, 0.15) is 16.3 Å². The van der Waals surface area contributed by atoms with Gasteiger partial charge < -0.3 is 10.4 Å². The molecular formula is C22H18N4O2S. The van der Waals surface area contributed by atoms with Gasteiger partial charge in [0.15, 0.2) is 5.82 Å². The zero-order valence-corrected chi connectivity index (χ0v) is 16.3. The summed E-state index contributed by atoms with van der Waals surface area (Å²) in [5.74, 6) is 0.456. The van der Waals surface area contributed by atoms with Crippen molar-refractivity contribution in [3.05, 3.63) is 88.6 Å². The summed E-state index contributed by atoms with van der Waals surface area (Å²) in [6.07, 6.45) is 4.05. The lowest BCUT2D eigenvalue weighted by Gasteiger charge is -2.05. The van der Waals surface area contributed by atoms with Crippen LogP contribution in [0.4, 0.5) is 5.69 Å². The number of amides is 1. The van der Waals surface area contributed by atoms with Gasteiger partial charge in [0.2, 0.25) is 5.91 Å². The van der Waals surface area contributed by atoms with Crippen molar-refractivity contribution in [3.63, 3.8) is 0 Å². The van der Waals surface area contributed by atoms with E-state index in [2.05, 4.69) is 32.4 Å². The Hall–Kier alpha value is -3.58. The van der Waals surface area contributed by atoms with Gasteiger partial charge in [-0.1, -0.05) is 42.5 Å². The molecule has 0 aliphatic heterocycles. The number of carbonyl (C=O) groups excluding carboxylic acids is 1. The molecule has 2 aromatic carbocycles. The summed E-state index contributed by atoms with van der Waals surface area (Å²) in [5, 5.41) is 15.2. The topological polar surface area (TPSA) is 88.0 Å². The number of hydrogen-bond acceptors (Lipinski definition) is 6. The van der Waals surface area contributed by atoms with E-state index < -0.39 is 0 Å². The maximum Gasteiger partial charge on any atom is 0.230 e. The van der Waals surface area contributed by atoms with Gasteiger partial charge in [0.1, 0.15) is 5.75 Å². The van der Waals surface area contributed by atoms with E-state index in [-0.39, 0.29) is 18.1 Å². The van der Waals surface area contributed by atoms with Crippen molar-refractivity contribution < 1.29 is 9.90 Å². The Morgan fingerprint density at radius 1 is 1.03 bits per heavy atom. The van der Waals surface area contributed by atoms with Crippen molar-refractivity contribution in [3.8, 4) is 17.1 Å². The molecule has 0 saturated heterocycles. The van der Waals surface area contributed by atoms with Gasteiger partial charge in [-0.25, -0.2) is 15.0 Å². The molecule has 2 heterocycles. The van der Waals surface area contributed by atoms with Gasteiger partial charge in [-0.05, 0) is 17.7 Å². The lowest BCUT2D eigenvalue weighted by molar-refractivity contribution is -0.115. The highest BCUT2D eigenvalue weighted by molar-refractivity contribution is 7.09. The number of rotatable bonds is 6. The van der Waals surface area contributed by atoms with Crippen LogP contribution in [-0.2, 0) is 17.6 Å². The number of thiazole rings is 1. The third-order valence-electron chi connectivity index (χ3n) is 4.18. The number of nitrogens with one attached hydrogen (secondary N) is 1. The van der Waals surface area contributed by atoms with Gasteiger partial charge >= 0.3 is 0 Å². The largest absolute Gasteiger partial charge is 0.508 e. The molecule has 2 N–H and O–H groups in total. The molecule has 0 bridgehead atoms. The van der Waals surface area contributed by atoms with E-state index in [1.165, 1.54) is 5.56 Å². The first-order valence-electron chi connectivity index (χ1n) is 9.04. The number of nitrogens with zero attached hydrogens (tertiary/aromatic N) is 3. The number of aromatic hydroxyl groups is 1. The summed E-state index contributed by atoms with van der Waals surface area (Å²) in [6.45, 7) is 0. The quantitative estimate of drug-likeness (QED) is 0.507. The Morgan fingerprint density at radius 2 is 1.83 bits per heavy atom. The monoisotopic (exact) mass is 402 g/mol. The number of anilines is 1. The zero-order valence-electron chi connectivity index (χ0n) is 15.4. The second-order valence-corrected chi connectivity index (χ2v) is 7.41. The van der Waals surface area contributed by atoms with Crippen molar-refractivity contribution >= 4 is 22.9 Å². The zero-order chi connectivity index (χ0) is 20.1. The number of carbonyl (C=O) groups is 1. The summed E-state index contributed by atoms with van der Waals surface area (Å²) >= 11 is 1.56. The first kappa shape index (κ1) is 18.8. The molecule has 4 aromatic rings. The summed E-state index contributed by atoms with van der Waals surface area (Å²) in [5.41, 5.74) is 3.16. The van der Waals surface area contributed by atoms with Crippen molar-refractivity contribution in [2.75, 3.05) is 5.32 Å². The van der Waals surface area contributed by atoms with Crippen LogP contribution in [0.5, 0.6) is 5.75 Å². The smallest absolute Gasteiger partial charge is 0.230 e. The fourth-order valence-corrected chi connectivity index (χ4v) is 3.67. The van der Waals surface area contributed by atoms with E-state index in [0.29, 0.717) is 17.1 Å². The Labute approximate surface area is 172 Å². The number of phenolic OH excluding ortho intramolecular Hbond substituents is 1. The highest BCUT2D eigenvalue weighted by atomic mass is 32.1. The molecule has 2 aromatic heterocycles. The molecule has 0 unspecified atom stereocenters. The Balaban J connectivity index is 1.35. The number of phenols is 1. The summed E-state index contributed by atoms with van der Waals surface area (Å²) in [6, 6.07) is 16.8. The van der Waals surface area contributed by atoms with Crippen LogP contribution in [0.3, 0.4) is 0 Å². The summed E-state index contributed by atoms with van der Waals surface area (Å²) in [7, 11) is 0. The number of aromatic nitrogens is 3.